The fourth-order valence-electron chi connectivity index (χ4n) is 2.08. The lowest BCUT2D eigenvalue weighted by molar-refractivity contribution is -0.130. The molecule has 23 heavy (non-hydrogen) atoms. The number of benzene rings is 2. The molecule has 6 heteroatoms. The molecular formula is C17H15ClO5. The number of rotatable bonds is 5. The fourth-order valence-corrected chi connectivity index (χ4v) is 2.37. The number of hydrogen-bond donors (Lipinski definition) is 2. The first-order valence-electron chi connectivity index (χ1n) is 6.62. The van der Waals surface area contributed by atoms with Crippen LogP contribution in [0.1, 0.15) is 11.1 Å². The van der Waals surface area contributed by atoms with Crippen molar-refractivity contribution >= 4 is 29.2 Å². The SMILES string of the molecule is COc1ccc(/C=C(\C(=O)O)c2ccc(O)cc2)c(Cl)c1OC. The molecule has 2 aromatic carbocycles. The van der Waals surface area contributed by atoms with E-state index in [-0.39, 0.29) is 16.3 Å². The lowest BCUT2D eigenvalue weighted by atomic mass is 10.0. The van der Waals surface area contributed by atoms with Crippen LogP contribution in [-0.4, -0.2) is 30.4 Å². The Labute approximate surface area is 138 Å². The van der Waals surface area contributed by atoms with Gasteiger partial charge in [0.1, 0.15) is 5.75 Å². The number of hydrogen-bond acceptors (Lipinski definition) is 4. The average Bonchev–Trinajstić information content (AvgIpc) is 2.54. The van der Waals surface area contributed by atoms with Crippen molar-refractivity contribution in [1.29, 1.82) is 0 Å². The van der Waals surface area contributed by atoms with Crippen LogP contribution >= 0.6 is 11.6 Å². The van der Waals surface area contributed by atoms with Crippen molar-refractivity contribution in [1.82, 2.24) is 0 Å². The lowest BCUT2D eigenvalue weighted by Crippen LogP contribution is -2.00. The number of carboxylic acids is 1. The Morgan fingerprint density at radius 2 is 1.74 bits per heavy atom. The minimum absolute atomic E-state index is 0.0409. The normalized spacial score (nSPS) is 11.2. The van der Waals surface area contributed by atoms with Gasteiger partial charge in [-0.15, -0.1) is 0 Å². The summed E-state index contributed by atoms with van der Waals surface area (Å²) in [6, 6.07) is 9.17. The Bertz CT molecular complexity index is 750. The third kappa shape index (κ3) is 3.57. The number of carbonyl (C=O) groups is 1. The zero-order valence-electron chi connectivity index (χ0n) is 12.5. The number of aliphatic carboxylic acids is 1. The van der Waals surface area contributed by atoms with Crippen molar-refractivity contribution in [2.75, 3.05) is 14.2 Å². The van der Waals surface area contributed by atoms with Gasteiger partial charge in [-0.2, -0.15) is 0 Å². The summed E-state index contributed by atoms with van der Waals surface area (Å²) in [6.07, 6.45) is 1.44. The van der Waals surface area contributed by atoms with Crippen molar-refractivity contribution in [3.8, 4) is 17.2 Å². The first-order valence-corrected chi connectivity index (χ1v) is 7.00. The summed E-state index contributed by atoms with van der Waals surface area (Å²) in [5.41, 5.74) is 0.968. The second kappa shape index (κ2) is 7.07. The second-order valence-corrected chi connectivity index (χ2v) is 4.99. The van der Waals surface area contributed by atoms with Gasteiger partial charge in [-0.05, 0) is 41.5 Å². The summed E-state index contributed by atoms with van der Waals surface area (Å²) in [5.74, 6) is -0.265. The summed E-state index contributed by atoms with van der Waals surface area (Å²) < 4.78 is 10.4. The molecule has 2 aromatic rings. The molecule has 0 aliphatic rings. The van der Waals surface area contributed by atoms with Crippen molar-refractivity contribution in [3.05, 3.63) is 52.5 Å². The Morgan fingerprint density at radius 1 is 1.09 bits per heavy atom. The van der Waals surface area contributed by atoms with E-state index in [9.17, 15) is 15.0 Å². The molecule has 0 aliphatic heterocycles. The Kier molecular flexibility index (Phi) is 5.13. The molecule has 2 N–H and O–H groups in total. The van der Waals surface area contributed by atoms with Gasteiger partial charge in [-0.3, -0.25) is 0 Å². The summed E-state index contributed by atoms with van der Waals surface area (Å²) in [5, 5.41) is 19.0. The summed E-state index contributed by atoms with van der Waals surface area (Å²) in [7, 11) is 2.94. The molecule has 0 fully saturated rings. The van der Waals surface area contributed by atoms with Crippen LogP contribution in [0.3, 0.4) is 0 Å². The van der Waals surface area contributed by atoms with Crippen LogP contribution in [0.4, 0.5) is 0 Å². The first-order chi connectivity index (χ1) is 11.0. The maximum Gasteiger partial charge on any atom is 0.336 e. The highest BCUT2D eigenvalue weighted by molar-refractivity contribution is 6.34. The van der Waals surface area contributed by atoms with E-state index < -0.39 is 5.97 Å². The molecule has 5 nitrogen and oxygen atoms in total. The van der Waals surface area contributed by atoms with Gasteiger partial charge >= 0.3 is 5.97 Å². The molecule has 0 saturated carbocycles. The summed E-state index contributed by atoms with van der Waals surface area (Å²) in [4.78, 5) is 11.5. The van der Waals surface area contributed by atoms with Crippen LogP contribution in [0.5, 0.6) is 17.2 Å². The summed E-state index contributed by atoms with van der Waals surface area (Å²) >= 11 is 6.27. The molecular weight excluding hydrogens is 320 g/mol. The van der Waals surface area contributed by atoms with Gasteiger partial charge in [0.15, 0.2) is 11.5 Å². The van der Waals surface area contributed by atoms with Gasteiger partial charge in [-0.1, -0.05) is 23.7 Å². The molecule has 0 aromatic heterocycles. The largest absolute Gasteiger partial charge is 0.508 e. The van der Waals surface area contributed by atoms with E-state index in [1.165, 1.54) is 44.6 Å². The Morgan fingerprint density at radius 3 is 2.26 bits per heavy atom. The Hall–Kier alpha value is -2.66. The van der Waals surface area contributed by atoms with Crippen molar-refractivity contribution in [2.45, 2.75) is 0 Å². The molecule has 0 atom stereocenters. The van der Waals surface area contributed by atoms with E-state index in [2.05, 4.69) is 0 Å². The van der Waals surface area contributed by atoms with Gasteiger partial charge in [0, 0.05) is 0 Å². The van der Waals surface area contributed by atoms with Gasteiger partial charge < -0.3 is 19.7 Å². The van der Waals surface area contributed by atoms with Crippen LogP contribution in [0.25, 0.3) is 11.6 Å². The highest BCUT2D eigenvalue weighted by Gasteiger charge is 2.15. The molecule has 0 amide bonds. The average molecular weight is 335 g/mol. The number of ether oxygens (including phenoxy) is 2. The van der Waals surface area contributed by atoms with E-state index in [0.29, 0.717) is 22.6 Å². The van der Waals surface area contributed by atoms with Crippen LogP contribution < -0.4 is 9.47 Å². The van der Waals surface area contributed by atoms with Crippen molar-refractivity contribution in [3.63, 3.8) is 0 Å². The molecule has 0 bridgehead atoms. The topological polar surface area (TPSA) is 76.0 Å². The highest BCUT2D eigenvalue weighted by atomic mass is 35.5. The molecule has 0 spiro atoms. The predicted molar refractivity (Wildman–Crippen MR) is 88.2 cm³/mol. The number of halogens is 1. The molecule has 0 heterocycles. The van der Waals surface area contributed by atoms with Crippen LogP contribution in [0, 0.1) is 0 Å². The van der Waals surface area contributed by atoms with E-state index in [4.69, 9.17) is 21.1 Å². The lowest BCUT2D eigenvalue weighted by Gasteiger charge is -2.11. The van der Waals surface area contributed by atoms with Crippen molar-refractivity contribution < 1.29 is 24.5 Å². The number of phenols is 1. The van der Waals surface area contributed by atoms with Gasteiger partial charge in [-0.25, -0.2) is 4.79 Å². The van der Waals surface area contributed by atoms with E-state index in [1.807, 2.05) is 0 Å². The van der Waals surface area contributed by atoms with Crippen molar-refractivity contribution in [2.24, 2.45) is 0 Å². The zero-order chi connectivity index (χ0) is 17.0. The van der Waals surface area contributed by atoms with Gasteiger partial charge in [0.25, 0.3) is 0 Å². The maximum atomic E-state index is 11.5. The zero-order valence-corrected chi connectivity index (χ0v) is 13.3. The third-order valence-corrected chi connectivity index (χ3v) is 3.61. The van der Waals surface area contributed by atoms with Gasteiger partial charge in [0.2, 0.25) is 0 Å². The number of aromatic hydroxyl groups is 1. The molecule has 0 aliphatic carbocycles. The van der Waals surface area contributed by atoms with Crippen LogP contribution in [0.2, 0.25) is 5.02 Å². The molecule has 0 unspecified atom stereocenters. The van der Waals surface area contributed by atoms with Crippen LogP contribution in [-0.2, 0) is 4.79 Å². The maximum absolute atomic E-state index is 11.5. The molecule has 120 valence electrons. The minimum Gasteiger partial charge on any atom is -0.508 e. The fraction of sp³-hybridized carbons (Fsp3) is 0.118. The molecule has 2 rings (SSSR count). The first kappa shape index (κ1) is 16.7. The minimum atomic E-state index is -1.11. The monoisotopic (exact) mass is 334 g/mol. The number of carboxylic acid groups (broad SMARTS) is 1. The molecule has 0 saturated heterocycles. The predicted octanol–water partition coefficient (Wildman–Crippen LogP) is 3.69. The number of methoxy groups -OCH3 is 2. The second-order valence-electron chi connectivity index (χ2n) is 4.61. The standard InChI is InChI=1S/C17H15ClO5/c1-22-14-8-5-11(15(18)16(14)23-2)9-13(17(20)21)10-3-6-12(19)7-4-10/h3-9,19H,1-2H3,(H,20,21)/b13-9-. The number of phenolic OH excluding ortho intramolecular Hbond substituents is 1. The van der Waals surface area contributed by atoms with Gasteiger partial charge in [0.05, 0.1) is 24.8 Å². The Balaban J connectivity index is 2.56. The van der Waals surface area contributed by atoms with E-state index in [1.54, 1.807) is 12.1 Å². The summed E-state index contributed by atoms with van der Waals surface area (Å²) in [6.45, 7) is 0. The third-order valence-electron chi connectivity index (χ3n) is 3.22. The van der Waals surface area contributed by atoms with E-state index >= 15 is 0 Å². The smallest absolute Gasteiger partial charge is 0.336 e. The van der Waals surface area contributed by atoms with Crippen LogP contribution in [0.15, 0.2) is 36.4 Å². The molecule has 0 radical (unpaired) electrons. The highest BCUT2D eigenvalue weighted by Crippen LogP contribution is 2.38. The quantitative estimate of drug-likeness (QED) is 0.644. The van der Waals surface area contributed by atoms with E-state index in [0.717, 1.165) is 0 Å².